The van der Waals surface area contributed by atoms with Gasteiger partial charge in [-0.15, -0.1) is 0 Å². The lowest BCUT2D eigenvalue weighted by Crippen LogP contribution is -2.43. The zero-order valence-corrected chi connectivity index (χ0v) is 17.3. The first kappa shape index (κ1) is 20.6. The van der Waals surface area contributed by atoms with Crippen LogP contribution >= 0.6 is 23.2 Å². The fourth-order valence-corrected chi connectivity index (χ4v) is 3.78. The van der Waals surface area contributed by atoms with Gasteiger partial charge in [0, 0.05) is 17.2 Å². The number of carbonyl (C=O) groups excluding carboxylic acids is 1. The highest BCUT2D eigenvalue weighted by atomic mass is 35.5. The molecule has 3 rings (SSSR count). The number of halogens is 2. The molecule has 1 heterocycles. The van der Waals surface area contributed by atoms with Crippen molar-refractivity contribution in [2.75, 3.05) is 6.54 Å². The molecule has 2 aromatic carbocycles. The van der Waals surface area contributed by atoms with Gasteiger partial charge in [0.1, 0.15) is 23.5 Å². The maximum Gasteiger partial charge on any atom is 0.411 e. The molecule has 1 amide bonds. The quantitative estimate of drug-likeness (QED) is 0.749. The first-order valence-corrected chi connectivity index (χ1v) is 9.58. The Labute approximate surface area is 172 Å². The van der Waals surface area contributed by atoms with Crippen LogP contribution in [0.1, 0.15) is 27.2 Å². The van der Waals surface area contributed by atoms with Crippen LogP contribution in [0.15, 0.2) is 30.3 Å². The van der Waals surface area contributed by atoms with Crippen LogP contribution in [-0.4, -0.2) is 46.4 Å². The van der Waals surface area contributed by atoms with Crippen LogP contribution in [0.5, 0.6) is 5.75 Å². The number of hydrogen-bond donors (Lipinski definition) is 1. The molecule has 0 aliphatic carbocycles. The SMILES string of the molecule is CC(C)(C)OC(=O)N1C[C@@H](Oc2c(Cl)cc(Cl)c3ccccc23)C[C@H]1C(=O)O. The predicted molar refractivity (Wildman–Crippen MR) is 107 cm³/mol. The molecule has 6 nitrogen and oxygen atoms in total. The van der Waals surface area contributed by atoms with Gasteiger partial charge in [-0.25, -0.2) is 9.59 Å². The molecule has 1 fully saturated rings. The fraction of sp³-hybridized carbons (Fsp3) is 0.400. The van der Waals surface area contributed by atoms with Crippen molar-refractivity contribution in [3.05, 3.63) is 40.4 Å². The lowest BCUT2D eigenvalue weighted by Gasteiger charge is -2.26. The normalized spacial score (nSPS) is 19.7. The molecule has 1 N–H and O–H groups in total. The lowest BCUT2D eigenvalue weighted by molar-refractivity contribution is -0.142. The highest BCUT2D eigenvalue weighted by Gasteiger charge is 2.43. The van der Waals surface area contributed by atoms with Crippen LogP contribution in [0.2, 0.25) is 10.0 Å². The number of carbonyl (C=O) groups is 2. The Balaban J connectivity index is 1.87. The van der Waals surface area contributed by atoms with E-state index in [9.17, 15) is 14.7 Å². The van der Waals surface area contributed by atoms with Crippen molar-refractivity contribution in [2.24, 2.45) is 0 Å². The second kappa shape index (κ2) is 7.68. The molecular weight excluding hydrogens is 405 g/mol. The summed E-state index contributed by atoms with van der Waals surface area (Å²) >= 11 is 12.6. The van der Waals surface area contributed by atoms with E-state index < -0.39 is 29.8 Å². The summed E-state index contributed by atoms with van der Waals surface area (Å²) in [6.45, 7) is 5.26. The third-order valence-corrected chi connectivity index (χ3v) is 4.95. The number of rotatable bonds is 3. The van der Waals surface area contributed by atoms with Gasteiger partial charge >= 0.3 is 12.1 Å². The third kappa shape index (κ3) is 4.28. The number of nitrogens with zero attached hydrogens (tertiary/aromatic N) is 1. The Morgan fingerprint density at radius 3 is 2.39 bits per heavy atom. The topological polar surface area (TPSA) is 76.1 Å². The van der Waals surface area contributed by atoms with E-state index in [2.05, 4.69) is 0 Å². The average molecular weight is 426 g/mol. The molecule has 0 radical (unpaired) electrons. The number of fused-ring (bicyclic) bond motifs is 1. The predicted octanol–water partition coefficient (Wildman–Crippen LogP) is 4.99. The minimum absolute atomic E-state index is 0.0825. The van der Waals surface area contributed by atoms with Gasteiger partial charge in [0.05, 0.1) is 16.6 Å². The maximum absolute atomic E-state index is 12.4. The summed E-state index contributed by atoms with van der Waals surface area (Å²) < 4.78 is 11.4. The van der Waals surface area contributed by atoms with E-state index in [1.165, 1.54) is 4.90 Å². The van der Waals surface area contributed by atoms with Crippen LogP contribution in [-0.2, 0) is 9.53 Å². The number of carboxylic acid groups (broad SMARTS) is 1. The van der Waals surface area contributed by atoms with E-state index in [0.717, 1.165) is 10.8 Å². The molecule has 2 atom stereocenters. The molecule has 1 saturated heterocycles. The van der Waals surface area contributed by atoms with E-state index in [1.54, 1.807) is 26.8 Å². The van der Waals surface area contributed by atoms with Gasteiger partial charge in [-0.05, 0) is 26.8 Å². The fourth-order valence-electron chi connectivity index (χ4n) is 3.20. The Morgan fingerprint density at radius 1 is 1.14 bits per heavy atom. The molecular formula is C20H21Cl2NO5. The number of carboxylic acids is 1. The van der Waals surface area contributed by atoms with Crippen LogP contribution < -0.4 is 4.74 Å². The molecule has 8 heteroatoms. The van der Waals surface area contributed by atoms with E-state index in [1.807, 2.05) is 24.3 Å². The minimum atomic E-state index is -1.11. The van der Waals surface area contributed by atoms with Gasteiger partial charge < -0.3 is 14.6 Å². The number of ether oxygens (including phenoxy) is 2. The van der Waals surface area contributed by atoms with E-state index in [4.69, 9.17) is 32.7 Å². The van der Waals surface area contributed by atoms with Crippen LogP contribution in [0.4, 0.5) is 4.79 Å². The van der Waals surface area contributed by atoms with Gasteiger partial charge in [0.2, 0.25) is 0 Å². The Kier molecular flexibility index (Phi) is 5.64. The molecule has 0 unspecified atom stereocenters. The number of hydrogen-bond acceptors (Lipinski definition) is 4. The molecule has 2 aromatic rings. The Hall–Kier alpha value is -2.18. The second-order valence-corrected chi connectivity index (χ2v) is 8.49. The van der Waals surface area contributed by atoms with Crippen LogP contribution in [0.25, 0.3) is 10.8 Å². The first-order valence-electron chi connectivity index (χ1n) is 8.82. The number of aliphatic carboxylic acids is 1. The first-order chi connectivity index (χ1) is 13.1. The molecule has 0 spiro atoms. The molecule has 0 bridgehead atoms. The molecule has 28 heavy (non-hydrogen) atoms. The summed E-state index contributed by atoms with van der Waals surface area (Å²) in [6.07, 6.45) is -1.10. The van der Waals surface area contributed by atoms with Crippen LogP contribution in [0, 0.1) is 0 Å². The van der Waals surface area contributed by atoms with Crippen molar-refractivity contribution in [2.45, 2.75) is 44.9 Å². The van der Waals surface area contributed by atoms with E-state index in [0.29, 0.717) is 15.8 Å². The molecule has 150 valence electrons. The molecule has 1 aliphatic heterocycles. The van der Waals surface area contributed by atoms with Crippen molar-refractivity contribution in [3.8, 4) is 5.75 Å². The monoisotopic (exact) mass is 425 g/mol. The number of likely N-dealkylation sites (tertiary alicyclic amines) is 1. The van der Waals surface area contributed by atoms with Gasteiger partial charge in [0.25, 0.3) is 0 Å². The summed E-state index contributed by atoms with van der Waals surface area (Å²) in [5.74, 6) is -0.689. The van der Waals surface area contributed by atoms with E-state index in [-0.39, 0.29) is 13.0 Å². The highest BCUT2D eigenvalue weighted by molar-refractivity contribution is 6.39. The minimum Gasteiger partial charge on any atom is -0.486 e. The smallest absolute Gasteiger partial charge is 0.411 e. The zero-order chi connectivity index (χ0) is 20.6. The highest BCUT2D eigenvalue weighted by Crippen LogP contribution is 2.39. The zero-order valence-electron chi connectivity index (χ0n) is 15.7. The summed E-state index contributed by atoms with van der Waals surface area (Å²) in [4.78, 5) is 25.3. The number of benzene rings is 2. The summed E-state index contributed by atoms with van der Waals surface area (Å²) in [7, 11) is 0. The Bertz CT molecular complexity index is 925. The van der Waals surface area contributed by atoms with Gasteiger partial charge in [0.15, 0.2) is 0 Å². The van der Waals surface area contributed by atoms with Gasteiger partial charge in [-0.1, -0.05) is 47.5 Å². The number of amides is 1. The second-order valence-electron chi connectivity index (χ2n) is 7.68. The van der Waals surface area contributed by atoms with Crippen molar-refractivity contribution < 1.29 is 24.2 Å². The third-order valence-electron chi connectivity index (χ3n) is 4.36. The Morgan fingerprint density at radius 2 is 1.79 bits per heavy atom. The average Bonchev–Trinajstić information content (AvgIpc) is 3.02. The molecule has 0 aromatic heterocycles. The van der Waals surface area contributed by atoms with Crippen molar-refractivity contribution in [3.63, 3.8) is 0 Å². The summed E-state index contributed by atoms with van der Waals surface area (Å²) in [5.41, 5.74) is -0.727. The van der Waals surface area contributed by atoms with Crippen LogP contribution in [0.3, 0.4) is 0 Å². The summed E-state index contributed by atoms with van der Waals surface area (Å²) in [5, 5.41) is 11.9. The molecule has 0 saturated carbocycles. The van der Waals surface area contributed by atoms with Gasteiger partial charge in [-0.2, -0.15) is 0 Å². The largest absolute Gasteiger partial charge is 0.486 e. The maximum atomic E-state index is 12.4. The summed E-state index contributed by atoms with van der Waals surface area (Å²) in [6, 6.07) is 7.93. The van der Waals surface area contributed by atoms with E-state index >= 15 is 0 Å². The van der Waals surface area contributed by atoms with Gasteiger partial charge in [-0.3, -0.25) is 4.90 Å². The van der Waals surface area contributed by atoms with Crippen molar-refractivity contribution in [1.29, 1.82) is 0 Å². The lowest BCUT2D eigenvalue weighted by atomic mass is 10.1. The van der Waals surface area contributed by atoms with Crippen molar-refractivity contribution >= 4 is 46.0 Å². The standard InChI is InChI=1S/C20H21Cl2NO5/c1-20(2,3)28-19(26)23-10-11(8-16(23)18(24)25)27-17-13-7-5-4-6-12(13)14(21)9-15(17)22/h4-7,9,11,16H,8,10H2,1-3H3,(H,24,25)/t11-,16-/m0/s1. The van der Waals surface area contributed by atoms with Crippen molar-refractivity contribution in [1.82, 2.24) is 4.90 Å². The molecule has 1 aliphatic rings.